The van der Waals surface area contributed by atoms with Gasteiger partial charge in [-0.2, -0.15) is 0 Å². The van der Waals surface area contributed by atoms with Gasteiger partial charge in [-0.1, -0.05) is 158 Å². The van der Waals surface area contributed by atoms with E-state index in [0.29, 0.717) is 23.1 Å². The number of fused-ring (bicyclic) bond motifs is 12. The Morgan fingerprint density at radius 3 is 1.66 bits per heavy atom. The molecule has 10 aromatic carbocycles. The Morgan fingerprint density at radius 1 is 0.323 bits per heavy atom. The van der Waals surface area contributed by atoms with Crippen LogP contribution in [0.15, 0.2) is 215 Å². The fraction of sp³-hybridized carbons (Fsp3) is 0. The van der Waals surface area contributed by atoms with Crippen molar-refractivity contribution < 1.29 is 8.83 Å². The Hall–Kier alpha value is -8.87. The van der Waals surface area contributed by atoms with Crippen LogP contribution in [0.4, 0.5) is 0 Å². The zero-order valence-electron chi connectivity index (χ0n) is 34.7. The van der Waals surface area contributed by atoms with Crippen LogP contribution in [-0.2, 0) is 0 Å². The van der Waals surface area contributed by atoms with E-state index in [1.165, 1.54) is 32.3 Å². The van der Waals surface area contributed by atoms with E-state index in [4.69, 9.17) is 23.8 Å². The first-order chi connectivity index (χ1) is 32.2. The van der Waals surface area contributed by atoms with Gasteiger partial charge in [-0.3, -0.25) is 0 Å². The van der Waals surface area contributed by atoms with Gasteiger partial charge < -0.3 is 13.4 Å². The molecule has 0 atom stereocenters. The van der Waals surface area contributed by atoms with Crippen LogP contribution in [0.3, 0.4) is 0 Å². The van der Waals surface area contributed by atoms with Crippen molar-refractivity contribution in [2.75, 3.05) is 0 Å². The molecule has 4 aromatic heterocycles. The predicted octanol–water partition coefficient (Wildman–Crippen LogP) is 15.7. The molecule has 0 aliphatic carbocycles. The van der Waals surface area contributed by atoms with Crippen LogP contribution in [0.1, 0.15) is 0 Å². The maximum atomic E-state index is 6.84. The lowest BCUT2D eigenvalue weighted by atomic mass is 10.0. The van der Waals surface area contributed by atoms with Crippen molar-refractivity contribution in [3.05, 3.63) is 206 Å². The van der Waals surface area contributed by atoms with Crippen molar-refractivity contribution in [3.8, 4) is 51.0 Å². The van der Waals surface area contributed by atoms with Crippen LogP contribution in [0.25, 0.3) is 138 Å². The van der Waals surface area contributed by atoms with Gasteiger partial charge in [0.25, 0.3) is 0 Å². The highest BCUT2D eigenvalue weighted by molar-refractivity contribution is 6.23. The third kappa shape index (κ3) is 5.51. The fourth-order valence-electron chi connectivity index (χ4n) is 9.97. The topological polar surface area (TPSA) is 69.9 Å². The maximum absolute atomic E-state index is 6.84. The van der Waals surface area contributed by atoms with Gasteiger partial charge in [0.1, 0.15) is 22.3 Å². The molecular formula is C59H34N4O2. The number of hydrogen-bond acceptors (Lipinski definition) is 5. The molecule has 0 spiro atoms. The van der Waals surface area contributed by atoms with Gasteiger partial charge in [-0.05, 0) is 81.2 Å². The summed E-state index contributed by atoms with van der Waals surface area (Å²) in [5, 5.41) is 11.2. The number of nitrogens with zero attached hydrogens (tertiary/aromatic N) is 4. The van der Waals surface area contributed by atoms with E-state index in [-0.39, 0.29) is 0 Å². The Balaban J connectivity index is 1.07. The largest absolute Gasteiger partial charge is 0.455 e. The zero-order valence-corrected chi connectivity index (χ0v) is 34.7. The van der Waals surface area contributed by atoms with Crippen molar-refractivity contribution >= 4 is 87.2 Å². The zero-order chi connectivity index (χ0) is 42.6. The second kappa shape index (κ2) is 13.8. The van der Waals surface area contributed by atoms with E-state index in [0.717, 1.165) is 82.8 Å². The fourth-order valence-corrected chi connectivity index (χ4v) is 9.97. The molecule has 4 heterocycles. The molecule has 0 unspecified atom stereocenters. The highest BCUT2D eigenvalue weighted by Crippen LogP contribution is 2.43. The van der Waals surface area contributed by atoms with Gasteiger partial charge in [0.05, 0.1) is 22.2 Å². The normalized spacial score (nSPS) is 12.0. The monoisotopic (exact) mass is 830 g/mol. The molecule has 0 radical (unpaired) electrons. The van der Waals surface area contributed by atoms with Gasteiger partial charge in [-0.15, -0.1) is 0 Å². The maximum Gasteiger partial charge on any atom is 0.167 e. The molecule has 14 aromatic rings. The predicted molar refractivity (Wildman–Crippen MR) is 265 cm³/mol. The second-order valence-electron chi connectivity index (χ2n) is 16.7. The molecule has 0 aliphatic heterocycles. The first kappa shape index (κ1) is 35.7. The first-order valence-electron chi connectivity index (χ1n) is 21.8. The number of benzene rings is 10. The quantitative estimate of drug-likeness (QED) is 0.173. The summed E-state index contributed by atoms with van der Waals surface area (Å²) in [6, 6.07) is 72.2. The summed E-state index contributed by atoms with van der Waals surface area (Å²) in [7, 11) is 0. The molecule has 0 fully saturated rings. The summed E-state index contributed by atoms with van der Waals surface area (Å²) in [6.45, 7) is 0. The number of aromatic nitrogens is 4. The second-order valence-corrected chi connectivity index (χ2v) is 16.7. The third-order valence-corrected chi connectivity index (χ3v) is 13.0. The number of hydrogen-bond donors (Lipinski definition) is 0. The summed E-state index contributed by atoms with van der Waals surface area (Å²) >= 11 is 0. The number of furan rings is 2. The molecule has 6 heteroatoms. The summed E-state index contributed by atoms with van der Waals surface area (Å²) < 4.78 is 15.8. The minimum Gasteiger partial charge on any atom is -0.455 e. The molecular weight excluding hydrogens is 797 g/mol. The van der Waals surface area contributed by atoms with E-state index in [1.54, 1.807) is 0 Å². The van der Waals surface area contributed by atoms with Crippen molar-refractivity contribution in [1.29, 1.82) is 0 Å². The Labute approximate surface area is 371 Å². The standard InChI is InChI=1S/C59H34N4O2/c1-2-13-35(14-3-1)36-25-27-38(28-26-36)57-60-58(46-22-12-21-45-43-19-8-10-23-52(43)64-55(45)46)62-59(61-57)49-34-41(33-47-44-20-9-11-24-53(44)65-56(47)49)63-50-30-29-37-15-6-7-18-42(37)54(50)48-31-39-16-4-5-17-40(39)32-51(48)63/h1-34H. The smallest absolute Gasteiger partial charge is 0.167 e. The molecule has 0 bridgehead atoms. The van der Waals surface area contributed by atoms with Crippen LogP contribution >= 0.6 is 0 Å². The summed E-state index contributed by atoms with van der Waals surface area (Å²) in [5.74, 6) is 1.54. The molecule has 14 rings (SSSR count). The van der Waals surface area contributed by atoms with Gasteiger partial charge in [0, 0.05) is 43.6 Å². The molecule has 0 saturated carbocycles. The van der Waals surface area contributed by atoms with Crippen molar-refractivity contribution in [3.63, 3.8) is 0 Å². The van der Waals surface area contributed by atoms with Crippen molar-refractivity contribution in [1.82, 2.24) is 19.5 Å². The molecule has 0 saturated heterocycles. The van der Waals surface area contributed by atoms with Gasteiger partial charge in [0.2, 0.25) is 0 Å². The van der Waals surface area contributed by atoms with Crippen LogP contribution in [0.5, 0.6) is 0 Å². The Bertz CT molecular complexity index is 4240. The number of para-hydroxylation sites is 3. The van der Waals surface area contributed by atoms with Gasteiger partial charge >= 0.3 is 0 Å². The Morgan fingerprint density at radius 2 is 0.892 bits per heavy atom. The summed E-state index contributed by atoms with van der Waals surface area (Å²) in [4.78, 5) is 16.0. The lowest BCUT2D eigenvalue weighted by molar-refractivity contribution is 0.669. The van der Waals surface area contributed by atoms with Crippen LogP contribution in [-0.4, -0.2) is 19.5 Å². The SMILES string of the molecule is c1ccc(-c2ccc(-c3nc(-c4cccc5c4oc4ccccc45)nc(-c4cc(-n5c6cc7ccccc7cc6c6c7ccccc7ccc65)cc5c4oc4ccccc45)n3)cc2)cc1. The van der Waals surface area contributed by atoms with Gasteiger partial charge in [0.15, 0.2) is 17.5 Å². The van der Waals surface area contributed by atoms with E-state index in [9.17, 15) is 0 Å². The third-order valence-electron chi connectivity index (χ3n) is 13.0. The van der Waals surface area contributed by atoms with Crippen LogP contribution < -0.4 is 0 Å². The van der Waals surface area contributed by atoms with E-state index >= 15 is 0 Å². The lowest BCUT2D eigenvalue weighted by Crippen LogP contribution is -2.02. The highest BCUT2D eigenvalue weighted by atomic mass is 16.3. The average molecular weight is 831 g/mol. The lowest BCUT2D eigenvalue weighted by Gasteiger charge is -2.13. The molecule has 65 heavy (non-hydrogen) atoms. The Kier molecular flexibility index (Phi) is 7.59. The molecule has 6 nitrogen and oxygen atoms in total. The summed E-state index contributed by atoms with van der Waals surface area (Å²) in [5.41, 5.74) is 10.9. The summed E-state index contributed by atoms with van der Waals surface area (Å²) in [6.07, 6.45) is 0. The van der Waals surface area contributed by atoms with Crippen LogP contribution in [0.2, 0.25) is 0 Å². The molecule has 0 N–H and O–H groups in total. The van der Waals surface area contributed by atoms with E-state index in [1.807, 2.05) is 48.5 Å². The molecule has 302 valence electrons. The van der Waals surface area contributed by atoms with Gasteiger partial charge in [-0.25, -0.2) is 15.0 Å². The van der Waals surface area contributed by atoms with Crippen LogP contribution in [0, 0.1) is 0 Å². The minimum absolute atomic E-state index is 0.493. The molecule has 0 aliphatic rings. The van der Waals surface area contributed by atoms with E-state index in [2.05, 4.69) is 162 Å². The van der Waals surface area contributed by atoms with Crippen molar-refractivity contribution in [2.45, 2.75) is 0 Å². The minimum atomic E-state index is 0.493. The molecule has 0 amide bonds. The van der Waals surface area contributed by atoms with E-state index < -0.39 is 0 Å². The van der Waals surface area contributed by atoms with Crippen molar-refractivity contribution in [2.24, 2.45) is 0 Å². The number of rotatable bonds is 5. The average Bonchev–Trinajstić information content (AvgIpc) is 4.05. The highest BCUT2D eigenvalue weighted by Gasteiger charge is 2.24. The first-order valence-corrected chi connectivity index (χ1v) is 21.8.